The topological polar surface area (TPSA) is 46.8 Å². The van der Waals surface area contributed by atoms with E-state index in [9.17, 15) is 4.79 Å². The number of imidazole rings is 1. The Morgan fingerprint density at radius 1 is 0.933 bits per heavy atom. The van der Waals surface area contributed by atoms with Gasteiger partial charge >= 0.3 is 0 Å². The quantitative estimate of drug-likeness (QED) is 0.445. The number of carbonyl (C=O) groups is 1. The van der Waals surface area contributed by atoms with Crippen LogP contribution in [0.5, 0.6) is 5.75 Å². The van der Waals surface area contributed by atoms with E-state index in [1.807, 2.05) is 102 Å². The van der Waals surface area contributed by atoms with Crippen molar-refractivity contribution in [2.45, 2.75) is 26.9 Å². The van der Waals surface area contributed by atoms with Gasteiger partial charge in [0.05, 0.1) is 12.3 Å². The van der Waals surface area contributed by atoms with Gasteiger partial charge < -0.3 is 9.64 Å². The monoisotopic (exact) mass is 399 g/mol. The summed E-state index contributed by atoms with van der Waals surface area (Å²) in [5.74, 6) is 0.626. The zero-order chi connectivity index (χ0) is 20.9. The zero-order valence-corrected chi connectivity index (χ0v) is 17.3. The molecular formula is C25H25N3O2. The number of pyridine rings is 1. The number of benzene rings is 2. The molecule has 5 nitrogen and oxygen atoms in total. The number of rotatable bonds is 7. The van der Waals surface area contributed by atoms with Gasteiger partial charge in [0.15, 0.2) is 11.4 Å². The van der Waals surface area contributed by atoms with Crippen molar-refractivity contribution in [3.8, 4) is 5.75 Å². The van der Waals surface area contributed by atoms with Gasteiger partial charge in [-0.2, -0.15) is 0 Å². The van der Waals surface area contributed by atoms with E-state index in [-0.39, 0.29) is 5.91 Å². The lowest BCUT2D eigenvalue weighted by molar-refractivity contribution is 0.0722. The number of aryl methyl sites for hydroxylation is 1. The minimum absolute atomic E-state index is 0.0543. The second kappa shape index (κ2) is 8.82. The van der Waals surface area contributed by atoms with Crippen molar-refractivity contribution < 1.29 is 9.53 Å². The normalized spacial score (nSPS) is 10.9. The molecule has 0 aliphatic rings. The average Bonchev–Trinajstić information content (AvgIpc) is 3.11. The highest BCUT2D eigenvalue weighted by molar-refractivity contribution is 5.95. The van der Waals surface area contributed by atoms with Crippen LogP contribution in [0.1, 0.15) is 34.2 Å². The Balaban J connectivity index is 1.74. The van der Waals surface area contributed by atoms with Gasteiger partial charge in [0, 0.05) is 19.3 Å². The van der Waals surface area contributed by atoms with Crippen molar-refractivity contribution in [1.82, 2.24) is 14.3 Å². The van der Waals surface area contributed by atoms with Crippen molar-refractivity contribution in [3.05, 3.63) is 102 Å². The van der Waals surface area contributed by atoms with Crippen molar-refractivity contribution in [2.24, 2.45) is 0 Å². The summed E-state index contributed by atoms with van der Waals surface area (Å²) in [5.41, 5.74) is 4.10. The highest BCUT2D eigenvalue weighted by Crippen LogP contribution is 2.24. The summed E-state index contributed by atoms with van der Waals surface area (Å²) < 4.78 is 7.55. The summed E-state index contributed by atoms with van der Waals surface area (Å²) in [6.45, 7) is 5.40. The predicted molar refractivity (Wildman–Crippen MR) is 118 cm³/mol. The molecule has 2 heterocycles. The Kier molecular flexibility index (Phi) is 5.80. The van der Waals surface area contributed by atoms with E-state index in [4.69, 9.17) is 4.74 Å². The second-order valence-electron chi connectivity index (χ2n) is 7.18. The Morgan fingerprint density at radius 2 is 1.53 bits per heavy atom. The van der Waals surface area contributed by atoms with Gasteiger partial charge in [0.2, 0.25) is 0 Å². The fourth-order valence-electron chi connectivity index (χ4n) is 3.64. The lowest BCUT2D eigenvalue weighted by Gasteiger charge is -2.23. The first-order valence-corrected chi connectivity index (χ1v) is 10.1. The summed E-state index contributed by atoms with van der Waals surface area (Å²) in [4.78, 5) is 20.3. The van der Waals surface area contributed by atoms with E-state index in [1.54, 1.807) is 0 Å². The smallest absolute Gasteiger partial charge is 0.273 e. The molecule has 0 fully saturated rings. The fraction of sp³-hybridized carbons (Fsp3) is 0.200. The van der Waals surface area contributed by atoms with Crippen LogP contribution in [0.3, 0.4) is 0 Å². The molecule has 0 unspecified atom stereocenters. The molecule has 0 saturated heterocycles. The summed E-state index contributed by atoms with van der Waals surface area (Å²) in [7, 11) is 0. The van der Waals surface area contributed by atoms with E-state index in [1.165, 1.54) is 0 Å². The van der Waals surface area contributed by atoms with Crippen molar-refractivity contribution in [1.29, 1.82) is 0 Å². The first kappa shape index (κ1) is 19.7. The molecule has 0 spiro atoms. The Bertz CT molecular complexity index is 1100. The third-order valence-corrected chi connectivity index (χ3v) is 5.01. The summed E-state index contributed by atoms with van der Waals surface area (Å²) in [5, 5.41) is 0. The van der Waals surface area contributed by atoms with E-state index >= 15 is 0 Å². The third kappa shape index (κ3) is 4.06. The minimum Gasteiger partial charge on any atom is -0.490 e. The molecule has 0 aliphatic heterocycles. The Labute approximate surface area is 176 Å². The summed E-state index contributed by atoms with van der Waals surface area (Å²) in [6, 6.07) is 23.9. The standard InChI is InChI=1S/C25H25N3O2/c1-3-30-22-15-10-16-28-23(19(2)26-24(22)28)25(29)27(17-20-11-6-4-7-12-20)18-21-13-8-5-9-14-21/h4-16H,3,17-18H2,1-2H3. The number of amides is 1. The van der Waals surface area contributed by atoms with Crippen molar-refractivity contribution in [3.63, 3.8) is 0 Å². The Morgan fingerprint density at radius 3 is 2.10 bits per heavy atom. The van der Waals surface area contributed by atoms with Crippen molar-refractivity contribution in [2.75, 3.05) is 6.61 Å². The maximum atomic E-state index is 13.7. The van der Waals surface area contributed by atoms with E-state index in [0.29, 0.717) is 42.5 Å². The largest absolute Gasteiger partial charge is 0.490 e. The lowest BCUT2D eigenvalue weighted by Crippen LogP contribution is -2.31. The molecule has 1 amide bonds. The van der Waals surface area contributed by atoms with E-state index in [0.717, 1.165) is 11.1 Å². The van der Waals surface area contributed by atoms with Gasteiger partial charge in [-0.25, -0.2) is 4.98 Å². The van der Waals surface area contributed by atoms with Crippen LogP contribution >= 0.6 is 0 Å². The van der Waals surface area contributed by atoms with Gasteiger partial charge in [0.1, 0.15) is 5.69 Å². The first-order chi connectivity index (χ1) is 14.7. The van der Waals surface area contributed by atoms with Crippen LogP contribution in [0.25, 0.3) is 5.65 Å². The summed E-state index contributed by atoms with van der Waals surface area (Å²) >= 11 is 0. The van der Waals surface area contributed by atoms with Gasteiger partial charge in [-0.15, -0.1) is 0 Å². The number of fused-ring (bicyclic) bond motifs is 1. The first-order valence-electron chi connectivity index (χ1n) is 10.1. The third-order valence-electron chi connectivity index (χ3n) is 5.01. The number of nitrogens with zero attached hydrogens (tertiary/aromatic N) is 3. The highest BCUT2D eigenvalue weighted by Gasteiger charge is 2.24. The van der Waals surface area contributed by atoms with Gasteiger partial charge in [-0.1, -0.05) is 60.7 Å². The van der Waals surface area contributed by atoms with Crippen LogP contribution in [0.2, 0.25) is 0 Å². The number of carbonyl (C=O) groups excluding carboxylic acids is 1. The maximum Gasteiger partial charge on any atom is 0.273 e. The van der Waals surface area contributed by atoms with Crippen LogP contribution < -0.4 is 4.74 Å². The molecular weight excluding hydrogens is 374 g/mol. The number of aromatic nitrogens is 2. The number of hydrogen-bond donors (Lipinski definition) is 0. The molecule has 0 bridgehead atoms. The van der Waals surface area contributed by atoms with Crippen LogP contribution in [0.15, 0.2) is 79.0 Å². The van der Waals surface area contributed by atoms with Crippen LogP contribution in [-0.2, 0) is 13.1 Å². The van der Waals surface area contributed by atoms with Crippen LogP contribution in [0.4, 0.5) is 0 Å². The van der Waals surface area contributed by atoms with Crippen LogP contribution in [0, 0.1) is 6.92 Å². The molecule has 2 aromatic heterocycles. The van der Waals surface area contributed by atoms with Gasteiger partial charge in [-0.05, 0) is 37.1 Å². The van der Waals surface area contributed by atoms with Crippen molar-refractivity contribution >= 4 is 11.6 Å². The molecule has 4 rings (SSSR count). The predicted octanol–water partition coefficient (Wildman–Crippen LogP) is 4.88. The van der Waals surface area contributed by atoms with Gasteiger partial charge in [-0.3, -0.25) is 9.20 Å². The zero-order valence-electron chi connectivity index (χ0n) is 17.3. The lowest BCUT2D eigenvalue weighted by atomic mass is 10.1. The molecule has 0 atom stereocenters. The molecule has 0 N–H and O–H groups in total. The van der Waals surface area contributed by atoms with E-state index < -0.39 is 0 Å². The minimum atomic E-state index is -0.0543. The molecule has 2 aromatic carbocycles. The molecule has 0 radical (unpaired) electrons. The molecule has 0 saturated carbocycles. The second-order valence-corrected chi connectivity index (χ2v) is 7.18. The molecule has 5 heteroatoms. The molecule has 30 heavy (non-hydrogen) atoms. The molecule has 0 aliphatic carbocycles. The Hall–Kier alpha value is -3.60. The van der Waals surface area contributed by atoms with Crippen LogP contribution in [-0.4, -0.2) is 26.8 Å². The average molecular weight is 399 g/mol. The molecule has 152 valence electrons. The number of hydrogen-bond acceptors (Lipinski definition) is 3. The number of ether oxygens (including phenoxy) is 1. The SMILES string of the molecule is CCOc1cccn2c(C(=O)N(Cc3ccccc3)Cc3ccccc3)c(C)nc12. The molecule has 4 aromatic rings. The fourth-order valence-corrected chi connectivity index (χ4v) is 3.64. The maximum absolute atomic E-state index is 13.7. The van der Waals surface area contributed by atoms with E-state index in [2.05, 4.69) is 4.98 Å². The highest BCUT2D eigenvalue weighted by atomic mass is 16.5. The van der Waals surface area contributed by atoms with Gasteiger partial charge in [0.25, 0.3) is 5.91 Å². The summed E-state index contributed by atoms with van der Waals surface area (Å²) in [6.07, 6.45) is 1.87.